The second kappa shape index (κ2) is 7.96. The van der Waals surface area contributed by atoms with Crippen molar-refractivity contribution >= 4 is 0 Å². The Morgan fingerprint density at radius 3 is 2.17 bits per heavy atom. The average Bonchev–Trinajstić information content (AvgIpc) is 2.38. The molecule has 2 nitrogen and oxygen atoms in total. The molecular formula is C16H32N2. The van der Waals surface area contributed by atoms with Crippen LogP contribution in [-0.4, -0.2) is 48.6 Å². The van der Waals surface area contributed by atoms with Crippen LogP contribution in [0.15, 0.2) is 12.7 Å². The molecule has 0 amide bonds. The summed E-state index contributed by atoms with van der Waals surface area (Å²) in [4.78, 5) is 5.11. The van der Waals surface area contributed by atoms with Gasteiger partial charge in [-0.2, -0.15) is 0 Å². The number of hydrogen-bond donors (Lipinski definition) is 0. The van der Waals surface area contributed by atoms with E-state index >= 15 is 0 Å². The van der Waals surface area contributed by atoms with Crippen molar-refractivity contribution in [1.82, 2.24) is 9.80 Å². The Labute approximate surface area is 114 Å². The summed E-state index contributed by atoms with van der Waals surface area (Å²) in [7, 11) is 4.57. The number of rotatable bonds is 7. The third kappa shape index (κ3) is 4.74. The first-order valence-corrected chi connectivity index (χ1v) is 7.59. The summed E-state index contributed by atoms with van der Waals surface area (Å²) in [5.41, 5.74) is 0. The van der Waals surface area contributed by atoms with Gasteiger partial charge in [0.05, 0.1) is 0 Å². The second-order valence-corrected chi connectivity index (χ2v) is 6.13. The van der Waals surface area contributed by atoms with Crippen LogP contribution < -0.4 is 0 Å². The monoisotopic (exact) mass is 252 g/mol. The van der Waals surface area contributed by atoms with E-state index in [1.165, 1.54) is 38.6 Å². The minimum atomic E-state index is 0.678. The van der Waals surface area contributed by atoms with Gasteiger partial charge in [0.2, 0.25) is 0 Å². The summed E-state index contributed by atoms with van der Waals surface area (Å²) in [5.74, 6) is 0. The maximum absolute atomic E-state index is 3.79. The summed E-state index contributed by atoms with van der Waals surface area (Å²) in [6.45, 7) is 9.61. The van der Waals surface area contributed by atoms with Crippen molar-refractivity contribution in [3.63, 3.8) is 0 Å². The first-order valence-electron chi connectivity index (χ1n) is 7.59. The Hall–Kier alpha value is -0.340. The molecule has 106 valence electrons. The van der Waals surface area contributed by atoms with E-state index in [1.54, 1.807) is 0 Å². The molecule has 1 aliphatic rings. The molecule has 0 unspecified atom stereocenters. The van der Waals surface area contributed by atoms with Gasteiger partial charge in [0, 0.05) is 18.1 Å². The predicted octanol–water partition coefficient (Wildman–Crippen LogP) is 3.54. The van der Waals surface area contributed by atoms with Crippen LogP contribution in [0.5, 0.6) is 0 Å². The number of hydrogen-bond acceptors (Lipinski definition) is 2. The lowest BCUT2D eigenvalue weighted by atomic mass is 9.89. The summed E-state index contributed by atoms with van der Waals surface area (Å²) >= 11 is 0. The molecule has 0 aromatic rings. The van der Waals surface area contributed by atoms with Crippen molar-refractivity contribution in [1.29, 1.82) is 0 Å². The zero-order valence-corrected chi connectivity index (χ0v) is 12.9. The van der Waals surface area contributed by atoms with Crippen molar-refractivity contribution in [2.45, 2.75) is 70.5 Å². The van der Waals surface area contributed by atoms with Crippen LogP contribution in [0, 0.1) is 0 Å². The van der Waals surface area contributed by atoms with Crippen molar-refractivity contribution in [3.05, 3.63) is 12.7 Å². The molecule has 0 aliphatic heterocycles. The van der Waals surface area contributed by atoms with Gasteiger partial charge in [0.15, 0.2) is 0 Å². The molecule has 0 aromatic carbocycles. The topological polar surface area (TPSA) is 6.48 Å². The molecule has 0 bridgehead atoms. The fraction of sp³-hybridized carbons (Fsp3) is 0.875. The third-order valence-corrected chi connectivity index (χ3v) is 4.60. The van der Waals surface area contributed by atoms with Gasteiger partial charge in [-0.05, 0) is 73.0 Å². The summed E-state index contributed by atoms with van der Waals surface area (Å²) in [6.07, 6.45) is 9.90. The molecule has 0 aromatic heterocycles. The van der Waals surface area contributed by atoms with Crippen LogP contribution in [0.25, 0.3) is 0 Å². The van der Waals surface area contributed by atoms with E-state index in [4.69, 9.17) is 0 Å². The molecule has 1 fully saturated rings. The highest BCUT2D eigenvalue weighted by Crippen LogP contribution is 2.26. The van der Waals surface area contributed by atoms with Gasteiger partial charge in [-0.1, -0.05) is 6.08 Å². The Kier molecular flexibility index (Phi) is 6.95. The van der Waals surface area contributed by atoms with E-state index in [1.807, 2.05) is 6.08 Å². The molecule has 0 spiro atoms. The second-order valence-electron chi connectivity index (χ2n) is 6.13. The van der Waals surface area contributed by atoms with Gasteiger partial charge in [-0.15, -0.1) is 6.58 Å². The van der Waals surface area contributed by atoms with Gasteiger partial charge in [0.25, 0.3) is 0 Å². The van der Waals surface area contributed by atoms with E-state index in [0.29, 0.717) is 6.04 Å². The summed E-state index contributed by atoms with van der Waals surface area (Å²) < 4.78 is 0. The highest BCUT2D eigenvalue weighted by atomic mass is 15.2. The molecule has 1 saturated carbocycles. The minimum Gasteiger partial charge on any atom is -0.303 e. The highest BCUT2D eigenvalue weighted by Gasteiger charge is 2.26. The van der Waals surface area contributed by atoms with Gasteiger partial charge < -0.3 is 9.80 Å². The van der Waals surface area contributed by atoms with Crippen molar-refractivity contribution in [2.24, 2.45) is 0 Å². The van der Waals surface area contributed by atoms with Crippen LogP contribution >= 0.6 is 0 Å². The molecule has 0 atom stereocenters. The minimum absolute atomic E-state index is 0.678. The Balaban J connectivity index is 2.27. The quantitative estimate of drug-likeness (QED) is 0.505. The standard InChI is InChI=1S/C16H32N2/c1-6-7-8-13-17(4)15-9-11-16(12-10-15)18(5)14(2)3/h6,14-16H,1,7-13H2,2-5H3/t15-,16+. The predicted molar refractivity (Wildman–Crippen MR) is 81.0 cm³/mol. The lowest BCUT2D eigenvalue weighted by Crippen LogP contribution is -2.44. The zero-order valence-electron chi connectivity index (χ0n) is 12.9. The number of allylic oxidation sites excluding steroid dienone is 1. The van der Waals surface area contributed by atoms with Crippen LogP contribution in [0.4, 0.5) is 0 Å². The molecule has 0 radical (unpaired) electrons. The maximum Gasteiger partial charge on any atom is 0.00960 e. The number of nitrogens with zero attached hydrogens (tertiary/aromatic N) is 2. The molecule has 1 rings (SSSR count). The van der Waals surface area contributed by atoms with Crippen LogP contribution in [0.1, 0.15) is 52.4 Å². The SMILES string of the molecule is C=CCCCN(C)[C@H]1CC[C@@H](N(C)C(C)C)CC1. The van der Waals surface area contributed by atoms with E-state index in [-0.39, 0.29) is 0 Å². The number of unbranched alkanes of at least 4 members (excludes halogenated alkanes) is 1. The largest absolute Gasteiger partial charge is 0.303 e. The molecule has 18 heavy (non-hydrogen) atoms. The Morgan fingerprint density at radius 2 is 1.67 bits per heavy atom. The maximum atomic E-state index is 3.79. The van der Waals surface area contributed by atoms with Crippen LogP contribution in [-0.2, 0) is 0 Å². The fourth-order valence-electron chi connectivity index (χ4n) is 3.00. The lowest BCUT2D eigenvalue weighted by Gasteiger charge is -2.39. The van der Waals surface area contributed by atoms with Gasteiger partial charge in [0.1, 0.15) is 0 Å². The smallest absolute Gasteiger partial charge is 0.00960 e. The van der Waals surface area contributed by atoms with Crippen molar-refractivity contribution in [2.75, 3.05) is 20.6 Å². The van der Waals surface area contributed by atoms with E-state index in [0.717, 1.165) is 18.5 Å². The van der Waals surface area contributed by atoms with Crippen molar-refractivity contribution < 1.29 is 0 Å². The molecule has 0 heterocycles. The molecule has 2 heteroatoms. The van der Waals surface area contributed by atoms with E-state index in [9.17, 15) is 0 Å². The van der Waals surface area contributed by atoms with Crippen molar-refractivity contribution in [3.8, 4) is 0 Å². The van der Waals surface area contributed by atoms with E-state index < -0.39 is 0 Å². The highest BCUT2D eigenvalue weighted by molar-refractivity contribution is 4.83. The van der Waals surface area contributed by atoms with Crippen LogP contribution in [0.3, 0.4) is 0 Å². The zero-order chi connectivity index (χ0) is 13.5. The van der Waals surface area contributed by atoms with Gasteiger partial charge >= 0.3 is 0 Å². The first kappa shape index (κ1) is 15.7. The molecule has 0 saturated heterocycles. The third-order valence-electron chi connectivity index (χ3n) is 4.60. The summed E-state index contributed by atoms with van der Waals surface area (Å²) in [6, 6.07) is 2.30. The Morgan fingerprint density at radius 1 is 1.11 bits per heavy atom. The van der Waals surface area contributed by atoms with Crippen LogP contribution in [0.2, 0.25) is 0 Å². The summed E-state index contributed by atoms with van der Waals surface area (Å²) in [5, 5.41) is 0. The fourth-order valence-corrected chi connectivity index (χ4v) is 3.00. The van der Waals surface area contributed by atoms with Gasteiger partial charge in [-0.25, -0.2) is 0 Å². The molecular weight excluding hydrogens is 220 g/mol. The average molecular weight is 252 g/mol. The van der Waals surface area contributed by atoms with Gasteiger partial charge in [-0.3, -0.25) is 0 Å². The lowest BCUT2D eigenvalue weighted by molar-refractivity contribution is 0.106. The first-order chi connectivity index (χ1) is 8.56. The van der Waals surface area contributed by atoms with E-state index in [2.05, 4.69) is 44.3 Å². The normalized spacial score (nSPS) is 25.1. The Bertz CT molecular complexity index is 229. The molecule has 0 N–H and O–H groups in total. The molecule has 1 aliphatic carbocycles.